The van der Waals surface area contributed by atoms with Gasteiger partial charge in [0, 0.05) is 38.2 Å². The summed E-state index contributed by atoms with van der Waals surface area (Å²) in [6.07, 6.45) is 2.89. The summed E-state index contributed by atoms with van der Waals surface area (Å²) >= 11 is 0. The maximum atomic E-state index is 12.5. The number of amides is 1. The first-order valence-corrected chi connectivity index (χ1v) is 10.3. The van der Waals surface area contributed by atoms with Gasteiger partial charge in [0.05, 0.1) is 4.90 Å². The first-order valence-electron chi connectivity index (χ1n) is 8.82. The van der Waals surface area contributed by atoms with Gasteiger partial charge in [-0.1, -0.05) is 12.1 Å². The van der Waals surface area contributed by atoms with Gasteiger partial charge in [-0.2, -0.15) is 0 Å². The molecule has 1 aliphatic rings. The van der Waals surface area contributed by atoms with Crippen molar-refractivity contribution in [1.82, 2.24) is 9.62 Å². The molecule has 0 bridgehead atoms. The van der Waals surface area contributed by atoms with Crippen molar-refractivity contribution in [2.45, 2.75) is 43.5 Å². The molecule has 1 aromatic carbocycles. The Labute approximate surface area is 155 Å². The van der Waals surface area contributed by atoms with Gasteiger partial charge < -0.3 is 11.1 Å². The van der Waals surface area contributed by atoms with Gasteiger partial charge in [0.25, 0.3) is 0 Å². The van der Waals surface area contributed by atoms with Crippen LogP contribution in [0.2, 0.25) is 0 Å². The van der Waals surface area contributed by atoms with E-state index < -0.39 is 10.0 Å². The quantitative estimate of drug-likeness (QED) is 0.591. The number of hydrogen-bond donors (Lipinski definition) is 2. The molecule has 1 atom stereocenters. The summed E-state index contributed by atoms with van der Waals surface area (Å²) in [5, 5.41) is 2.93. The number of benzene rings is 1. The van der Waals surface area contributed by atoms with E-state index in [1.807, 2.05) is 0 Å². The van der Waals surface area contributed by atoms with Crippen LogP contribution in [-0.2, 0) is 14.8 Å². The Bertz CT molecular complexity index is 742. The Kier molecular flexibility index (Phi) is 6.91. The van der Waals surface area contributed by atoms with Crippen molar-refractivity contribution in [3.63, 3.8) is 0 Å². The average molecular weight is 381 g/mol. The first kappa shape index (κ1) is 20.5. The first-order chi connectivity index (χ1) is 12.3. The fourth-order valence-corrected chi connectivity index (χ4v) is 3.98. The predicted octanol–water partition coefficient (Wildman–Crippen LogP) is 1.14. The molecule has 1 aromatic rings. The van der Waals surface area contributed by atoms with Crippen LogP contribution in [0.5, 0.6) is 0 Å². The van der Waals surface area contributed by atoms with E-state index in [0.29, 0.717) is 24.4 Å². The molecule has 0 aromatic heterocycles. The molecule has 0 heterocycles. The molecule has 0 radical (unpaired) electrons. The van der Waals surface area contributed by atoms with Crippen molar-refractivity contribution >= 4 is 21.7 Å². The van der Waals surface area contributed by atoms with Crippen LogP contribution in [0.15, 0.2) is 29.2 Å². The topological polar surface area (TPSA) is 110 Å². The third kappa shape index (κ3) is 5.36. The summed E-state index contributed by atoms with van der Waals surface area (Å²) in [5.41, 5.74) is 6.13. The summed E-state index contributed by atoms with van der Waals surface area (Å²) in [5.74, 6) is 0.282. The summed E-state index contributed by atoms with van der Waals surface area (Å²) in [6.45, 7) is 2.10. The van der Waals surface area contributed by atoms with Crippen LogP contribution < -0.4 is 11.1 Å². The molecule has 1 saturated carbocycles. The van der Waals surface area contributed by atoms with Gasteiger partial charge in [-0.15, -0.1) is 0 Å². The monoisotopic (exact) mass is 381 g/mol. The molecule has 0 spiro atoms. The highest BCUT2D eigenvalue weighted by atomic mass is 32.2. The van der Waals surface area contributed by atoms with Crippen molar-refractivity contribution < 1.29 is 18.0 Å². The Morgan fingerprint density at radius 2 is 1.88 bits per heavy atom. The number of nitrogens with one attached hydrogen (secondary N) is 1. The van der Waals surface area contributed by atoms with E-state index >= 15 is 0 Å². The molecule has 1 unspecified atom stereocenters. The van der Waals surface area contributed by atoms with Gasteiger partial charge in [-0.05, 0) is 44.2 Å². The summed E-state index contributed by atoms with van der Waals surface area (Å²) < 4.78 is 26.3. The molecule has 0 saturated heterocycles. The van der Waals surface area contributed by atoms with Crippen molar-refractivity contribution in [2.24, 2.45) is 11.7 Å². The molecular weight excluding hydrogens is 354 g/mol. The van der Waals surface area contributed by atoms with E-state index in [4.69, 9.17) is 5.73 Å². The van der Waals surface area contributed by atoms with E-state index in [0.717, 1.165) is 12.8 Å². The van der Waals surface area contributed by atoms with E-state index in [-0.39, 0.29) is 35.6 Å². The highest BCUT2D eigenvalue weighted by Crippen LogP contribution is 2.32. The minimum absolute atomic E-state index is 0.0313. The Hall–Kier alpha value is -1.77. The number of nitrogens with two attached hydrogens (primary N) is 1. The van der Waals surface area contributed by atoms with E-state index in [1.54, 1.807) is 0 Å². The molecule has 1 amide bonds. The number of ketones is 1. The number of carbonyl (C=O) groups is 2. The molecule has 8 heteroatoms. The van der Waals surface area contributed by atoms with E-state index in [2.05, 4.69) is 5.32 Å². The van der Waals surface area contributed by atoms with Crippen LogP contribution in [0.25, 0.3) is 0 Å². The minimum atomic E-state index is -3.64. The van der Waals surface area contributed by atoms with Crippen molar-refractivity contribution in [2.75, 3.05) is 20.1 Å². The average Bonchev–Trinajstić information content (AvgIpc) is 3.44. The number of nitrogens with zero attached hydrogens (tertiary/aromatic N) is 1. The highest BCUT2D eigenvalue weighted by Gasteiger charge is 2.31. The maximum absolute atomic E-state index is 12.5. The third-order valence-electron chi connectivity index (χ3n) is 4.64. The van der Waals surface area contributed by atoms with Gasteiger partial charge in [-0.25, -0.2) is 12.7 Å². The lowest BCUT2D eigenvalue weighted by atomic mass is 10.1. The van der Waals surface area contributed by atoms with E-state index in [1.165, 1.54) is 42.5 Å². The number of Topliss-reactive ketones (excluding diaryl/α,β-unsaturated/α-hetero) is 1. The minimum Gasteiger partial charge on any atom is -0.352 e. The third-order valence-corrected chi connectivity index (χ3v) is 6.51. The van der Waals surface area contributed by atoms with Crippen LogP contribution in [0.3, 0.4) is 0 Å². The zero-order chi connectivity index (χ0) is 19.3. The Morgan fingerprint density at radius 1 is 1.27 bits per heavy atom. The van der Waals surface area contributed by atoms with Crippen LogP contribution >= 0.6 is 0 Å². The second kappa shape index (κ2) is 8.75. The highest BCUT2D eigenvalue weighted by molar-refractivity contribution is 7.89. The molecule has 1 aliphatic carbocycles. The van der Waals surface area contributed by atoms with Gasteiger partial charge in [-0.3, -0.25) is 9.59 Å². The van der Waals surface area contributed by atoms with Gasteiger partial charge in [0.1, 0.15) is 0 Å². The van der Waals surface area contributed by atoms with Crippen molar-refractivity contribution in [3.8, 4) is 0 Å². The molecule has 26 heavy (non-hydrogen) atoms. The van der Waals surface area contributed by atoms with Crippen molar-refractivity contribution in [3.05, 3.63) is 29.8 Å². The van der Waals surface area contributed by atoms with Gasteiger partial charge in [0.2, 0.25) is 15.9 Å². The normalized spacial score (nSPS) is 15.7. The Balaban J connectivity index is 1.84. The molecule has 3 N–H and O–H groups in total. The number of sulfonamides is 1. The number of rotatable bonds is 10. The zero-order valence-electron chi connectivity index (χ0n) is 15.3. The zero-order valence-corrected chi connectivity index (χ0v) is 16.1. The molecule has 0 aliphatic heterocycles. The molecular formula is C18H27N3O4S. The van der Waals surface area contributed by atoms with Gasteiger partial charge >= 0.3 is 0 Å². The predicted molar refractivity (Wildman–Crippen MR) is 99.2 cm³/mol. The molecule has 2 rings (SSSR count). The lowest BCUT2D eigenvalue weighted by molar-refractivity contribution is -0.122. The smallest absolute Gasteiger partial charge is 0.242 e. The lowest BCUT2D eigenvalue weighted by Gasteiger charge is -2.18. The second-order valence-electron chi connectivity index (χ2n) is 6.76. The molecule has 7 nitrogen and oxygen atoms in total. The second-order valence-corrected chi connectivity index (χ2v) is 8.80. The molecule has 144 valence electrons. The Morgan fingerprint density at radius 3 is 2.38 bits per heavy atom. The van der Waals surface area contributed by atoms with Crippen LogP contribution in [0.1, 0.15) is 43.0 Å². The van der Waals surface area contributed by atoms with Crippen LogP contribution in [0.4, 0.5) is 0 Å². The lowest BCUT2D eigenvalue weighted by Crippen LogP contribution is -2.41. The fourth-order valence-electron chi connectivity index (χ4n) is 2.77. The summed E-state index contributed by atoms with van der Waals surface area (Å²) in [7, 11) is -2.16. The summed E-state index contributed by atoms with van der Waals surface area (Å²) in [6, 6.07) is 5.89. The number of hydrogen-bond acceptors (Lipinski definition) is 5. The number of carbonyl (C=O) groups excluding carboxylic acids is 2. The standard InChI is InChI=1S/C18H27N3O4S/c1-13(22)14-7-9-16(10-8-14)26(24,25)21(2)11-3-4-18(23)20-17(12-19)15-5-6-15/h7-10,15,17H,3-6,11-12,19H2,1-2H3,(H,20,23). The SMILES string of the molecule is CC(=O)c1ccc(S(=O)(=O)N(C)CCCC(=O)NC(CN)C2CC2)cc1. The summed E-state index contributed by atoms with van der Waals surface area (Å²) in [4.78, 5) is 23.4. The van der Waals surface area contributed by atoms with Crippen molar-refractivity contribution in [1.29, 1.82) is 0 Å². The largest absolute Gasteiger partial charge is 0.352 e. The maximum Gasteiger partial charge on any atom is 0.242 e. The fraction of sp³-hybridized carbons (Fsp3) is 0.556. The van der Waals surface area contributed by atoms with Crippen LogP contribution in [0, 0.1) is 5.92 Å². The van der Waals surface area contributed by atoms with Gasteiger partial charge in [0.15, 0.2) is 5.78 Å². The van der Waals surface area contributed by atoms with Crippen LogP contribution in [-0.4, -0.2) is 50.6 Å². The van der Waals surface area contributed by atoms with E-state index in [9.17, 15) is 18.0 Å². The molecule has 1 fully saturated rings.